The van der Waals surface area contributed by atoms with Gasteiger partial charge in [0.2, 0.25) is 0 Å². The third-order valence-electron chi connectivity index (χ3n) is 4.33. The van der Waals surface area contributed by atoms with E-state index in [-0.39, 0.29) is 12.1 Å². The maximum Gasteiger partial charge on any atom is 0.315 e. The molecule has 0 radical (unpaired) electrons. The number of ether oxygens (including phenoxy) is 1. The predicted molar refractivity (Wildman–Crippen MR) is 88.1 cm³/mol. The molecule has 0 aliphatic carbocycles. The summed E-state index contributed by atoms with van der Waals surface area (Å²) in [4.78, 5) is 16.4. The van der Waals surface area contributed by atoms with Crippen molar-refractivity contribution in [1.29, 1.82) is 0 Å². The first-order chi connectivity index (χ1) is 10.6. The molecule has 2 aliphatic rings. The molecule has 1 unspecified atom stereocenters. The fourth-order valence-corrected chi connectivity index (χ4v) is 3.08. The van der Waals surface area contributed by atoms with E-state index >= 15 is 0 Å². The molecule has 2 saturated heterocycles. The maximum absolute atomic E-state index is 11.5. The van der Waals surface area contributed by atoms with E-state index in [1.165, 1.54) is 19.3 Å². The Hall–Kier alpha value is -0.850. The van der Waals surface area contributed by atoms with Crippen LogP contribution in [0.4, 0.5) is 4.79 Å². The summed E-state index contributed by atoms with van der Waals surface area (Å²) in [5.74, 6) is 0. The Morgan fingerprint density at radius 1 is 1.18 bits per heavy atom. The monoisotopic (exact) mass is 312 g/mol. The fraction of sp³-hybridized carbons (Fsp3) is 0.938. The van der Waals surface area contributed by atoms with E-state index in [1.807, 2.05) is 13.8 Å². The van der Waals surface area contributed by atoms with Gasteiger partial charge in [-0.15, -0.1) is 0 Å². The number of carbonyl (C=O) groups excluding carboxylic acids is 1. The molecule has 0 aromatic heterocycles. The topological polar surface area (TPSA) is 56.8 Å². The van der Waals surface area contributed by atoms with Crippen molar-refractivity contribution in [2.75, 3.05) is 52.4 Å². The van der Waals surface area contributed by atoms with Gasteiger partial charge in [-0.3, -0.25) is 9.80 Å². The van der Waals surface area contributed by atoms with Gasteiger partial charge in [0.15, 0.2) is 0 Å². The summed E-state index contributed by atoms with van der Waals surface area (Å²) in [6.07, 6.45) is 4.20. The molecule has 0 aromatic rings. The molecule has 0 aromatic carbocycles. The second kappa shape index (κ2) is 9.33. The first-order valence-electron chi connectivity index (χ1n) is 8.74. The lowest BCUT2D eigenvalue weighted by Gasteiger charge is -2.37. The Morgan fingerprint density at radius 2 is 1.91 bits per heavy atom. The van der Waals surface area contributed by atoms with Crippen LogP contribution in [0.25, 0.3) is 0 Å². The smallest absolute Gasteiger partial charge is 0.315 e. The Balaban J connectivity index is 1.54. The summed E-state index contributed by atoms with van der Waals surface area (Å²) in [6, 6.07) is 0.119. The SMILES string of the molecule is CC(C)NC(=O)NCCN1CCN(CC2CCCCO2)CC1. The summed E-state index contributed by atoms with van der Waals surface area (Å²) in [5.41, 5.74) is 0. The average molecular weight is 312 g/mol. The van der Waals surface area contributed by atoms with E-state index in [2.05, 4.69) is 20.4 Å². The highest BCUT2D eigenvalue weighted by atomic mass is 16.5. The summed E-state index contributed by atoms with van der Waals surface area (Å²) < 4.78 is 5.82. The molecule has 2 aliphatic heterocycles. The highest BCUT2D eigenvalue weighted by Gasteiger charge is 2.21. The van der Waals surface area contributed by atoms with Crippen LogP contribution >= 0.6 is 0 Å². The first-order valence-corrected chi connectivity index (χ1v) is 8.74. The summed E-state index contributed by atoms with van der Waals surface area (Å²) in [7, 11) is 0. The highest BCUT2D eigenvalue weighted by Crippen LogP contribution is 2.14. The normalized spacial score (nSPS) is 24.4. The summed E-state index contributed by atoms with van der Waals surface area (Å²) >= 11 is 0. The Kier molecular flexibility index (Phi) is 7.42. The van der Waals surface area contributed by atoms with Gasteiger partial charge in [-0.05, 0) is 33.1 Å². The molecule has 0 spiro atoms. The molecule has 0 saturated carbocycles. The largest absolute Gasteiger partial charge is 0.377 e. The van der Waals surface area contributed by atoms with Crippen LogP contribution in [0.2, 0.25) is 0 Å². The highest BCUT2D eigenvalue weighted by molar-refractivity contribution is 5.74. The fourth-order valence-electron chi connectivity index (χ4n) is 3.08. The maximum atomic E-state index is 11.5. The van der Waals surface area contributed by atoms with Gasteiger partial charge < -0.3 is 15.4 Å². The van der Waals surface area contributed by atoms with Crippen molar-refractivity contribution in [3.63, 3.8) is 0 Å². The molecule has 22 heavy (non-hydrogen) atoms. The molecule has 128 valence electrons. The molecule has 2 heterocycles. The molecule has 2 amide bonds. The van der Waals surface area contributed by atoms with Gasteiger partial charge >= 0.3 is 6.03 Å². The lowest BCUT2D eigenvalue weighted by molar-refractivity contribution is -0.0139. The number of urea groups is 1. The van der Waals surface area contributed by atoms with Crippen LogP contribution in [0.1, 0.15) is 33.1 Å². The van der Waals surface area contributed by atoms with E-state index in [0.717, 1.165) is 45.9 Å². The minimum absolute atomic E-state index is 0.0666. The molecular weight excluding hydrogens is 280 g/mol. The van der Waals surface area contributed by atoms with Crippen molar-refractivity contribution in [1.82, 2.24) is 20.4 Å². The molecule has 2 fully saturated rings. The molecule has 6 nitrogen and oxygen atoms in total. The second-order valence-corrected chi connectivity index (χ2v) is 6.69. The van der Waals surface area contributed by atoms with Gasteiger partial charge in [0.25, 0.3) is 0 Å². The van der Waals surface area contributed by atoms with Crippen molar-refractivity contribution in [3.05, 3.63) is 0 Å². The number of rotatable bonds is 6. The average Bonchev–Trinajstić information content (AvgIpc) is 2.49. The minimum atomic E-state index is -0.0666. The number of amides is 2. The third-order valence-corrected chi connectivity index (χ3v) is 4.33. The molecule has 0 bridgehead atoms. The number of nitrogens with one attached hydrogen (secondary N) is 2. The van der Waals surface area contributed by atoms with Crippen LogP contribution in [0, 0.1) is 0 Å². The minimum Gasteiger partial charge on any atom is -0.377 e. The van der Waals surface area contributed by atoms with E-state index in [9.17, 15) is 4.79 Å². The molecule has 2 N–H and O–H groups in total. The predicted octanol–water partition coefficient (Wildman–Crippen LogP) is 0.881. The molecular formula is C16H32N4O2. The van der Waals surface area contributed by atoms with Gasteiger partial charge in [-0.2, -0.15) is 0 Å². The van der Waals surface area contributed by atoms with Gasteiger partial charge in [0, 0.05) is 58.5 Å². The lowest BCUT2D eigenvalue weighted by Crippen LogP contribution is -2.51. The quantitative estimate of drug-likeness (QED) is 0.764. The second-order valence-electron chi connectivity index (χ2n) is 6.69. The van der Waals surface area contributed by atoms with E-state index in [0.29, 0.717) is 12.6 Å². The summed E-state index contributed by atoms with van der Waals surface area (Å²) in [6.45, 7) is 12.0. The van der Waals surface area contributed by atoms with Crippen molar-refractivity contribution in [2.24, 2.45) is 0 Å². The van der Waals surface area contributed by atoms with Crippen LogP contribution in [0.5, 0.6) is 0 Å². The van der Waals surface area contributed by atoms with Gasteiger partial charge in [-0.25, -0.2) is 4.79 Å². The molecule has 6 heteroatoms. The molecule has 2 rings (SSSR count). The van der Waals surface area contributed by atoms with E-state index < -0.39 is 0 Å². The zero-order valence-corrected chi connectivity index (χ0v) is 14.1. The van der Waals surface area contributed by atoms with Crippen LogP contribution in [-0.2, 0) is 4.74 Å². The van der Waals surface area contributed by atoms with Gasteiger partial charge in [-0.1, -0.05) is 0 Å². The van der Waals surface area contributed by atoms with Crippen molar-refractivity contribution in [3.8, 4) is 0 Å². The first kappa shape index (κ1) is 17.5. The lowest BCUT2D eigenvalue weighted by atomic mass is 10.1. The Labute approximate surface area is 134 Å². The van der Waals surface area contributed by atoms with Crippen LogP contribution in [0.3, 0.4) is 0 Å². The third kappa shape index (κ3) is 6.50. The van der Waals surface area contributed by atoms with Gasteiger partial charge in [0.05, 0.1) is 6.10 Å². The number of carbonyl (C=O) groups is 1. The number of piperazine rings is 1. The number of hydrogen-bond acceptors (Lipinski definition) is 4. The van der Waals surface area contributed by atoms with Crippen molar-refractivity contribution in [2.45, 2.75) is 45.3 Å². The van der Waals surface area contributed by atoms with Gasteiger partial charge in [0.1, 0.15) is 0 Å². The van der Waals surface area contributed by atoms with E-state index in [4.69, 9.17) is 4.74 Å². The Morgan fingerprint density at radius 3 is 2.55 bits per heavy atom. The Bertz CT molecular complexity index is 324. The zero-order chi connectivity index (χ0) is 15.8. The molecule has 1 atom stereocenters. The summed E-state index contributed by atoms with van der Waals surface area (Å²) in [5, 5.41) is 5.76. The standard InChI is InChI=1S/C16H32N4O2/c1-14(2)18-16(21)17-6-7-19-8-10-20(11-9-19)13-15-5-3-4-12-22-15/h14-15H,3-13H2,1-2H3,(H2,17,18,21). The number of nitrogens with zero attached hydrogens (tertiary/aromatic N) is 2. The van der Waals surface area contributed by atoms with E-state index in [1.54, 1.807) is 0 Å². The zero-order valence-electron chi connectivity index (χ0n) is 14.1. The number of hydrogen-bond donors (Lipinski definition) is 2. The van der Waals surface area contributed by atoms with Crippen LogP contribution < -0.4 is 10.6 Å². The van der Waals surface area contributed by atoms with Crippen molar-refractivity contribution < 1.29 is 9.53 Å². The van der Waals surface area contributed by atoms with Crippen molar-refractivity contribution >= 4 is 6.03 Å². The van der Waals surface area contributed by atoms with Crippen LogP contribution in [-0.4, -0.2) is 80.4 Å². The van der Waals surface area contributed by atoms with Crippen LogP contribution in [0.15, 0.2) is 0 Å².